The third kappa shape index (κ3) is 3.65. The zero-order chi connectivity index (χ0) is 17.8. The van der Waals surface area contributed by atoms with Gasteiger partial charge in [-0.25, -0.2) is 0 Å². The van der Waals surface area contributed by atoms with Crippen LogP contribution in [0.15, 0.2) is 54.6 Å². The lowest BCUT2D eigenvalue weighted by Crippen LogP contribution is -2.44. The number of carboxylic acids is 1. The minimum absolute atomic E-state index is 0.0119. The van der Waals surface area contributed by atoms with Crippen molar-refractivity contribution in [3.05, 3.63) is 65.7 Å². The number of nitrogens with zero attached hydrogens (tertiary/aromatic N) is 1. The van der Waals surface area contributed by atoms with Crippen LogP contribution < -0.4 is 4.74 Å². The summed E-state index contributed by atoms with van der Waals surface area (Å²) in [6.45, 7) is 0.403. The van der Waals surface area contributed by atoms with E-state index in [2.05, 4.69) is 0 Å². The number of carbonyl (C=O) groups is 2. The number of rotatable bonds is 5. The topological polar surface area (TPSA) is 66.8 Å². The molecule has 1 heterocycles. The van der Waals surface area contributed by atoms with Crippen LogP contribution in [0.5, 0.6) is 5.75 Å². The van der Waals surface area contributed by atoms with E-state index < -0.39 is 17.9 Å². The van der Waals surface area contributed by atoms with Gasteiger partial charge in [0, 0.05) is 13.0 Å². The summed E-state index contributed by atoms with van der Waals surface area (Å²) in [5, 5.41) is 9.68. The summed E-state index contributed by atoms with van der Waals surface area (Å²) in [5.41, 5.74) is 1.80. The van der Waals surface area contributed by atoms with Gasteiger partial charge in [-0.1, -0.05) is 42.5 Å². The number of piperidine rings is 1. The number of hydrogen-bond acceptors (Lipinski definition) is 3. The molecule has 3 rings (SSSR count). The smallest absolute Gasteiger partial charge is 0.308 e. The van der Waals surface area contributed by atoms with E-state index in [4.69, 9.17) is 4.74 Å². The minimum atomic E-state index is -0.869. The highest BCUT2D eigenvalue weighted by Gasteiger charge is 2.40. The van der Waals surface area contributed by atoms with Crippen molar-refractivity contribution in [1.82, 2.24) is 4.90 Å². The zero-order valence-electron chi connectivity index (χ0n) is 14.1. The molecule has 2 aromatic rings. The Morgan fingerprint density at radius 2 is 1.84 bits per heavy atom. The van der Waals surface area contributed by atoms with Crippen LogP contribution in [0.4, 0.5) is 0 Å². The molecular weight excluding hydrogens is 318 g/mol. The Hall–Kier alpha value is -2.82. The zero-order valence-corrected chi connectivity index (χ0v) is 14.1. The molecule has 1 N–H and O–H groups in total. The van der Waals surface area contributed by atoms with Crippen molar-refractivity contribution >= 4 is 11.9 Å². The van der Waals surface area contributed by atoms with Crippen molar-refractivity contribution < 1.29 is 19.4 Å². The van der Waals surface area contributed by atoms with Crippen molar-refractivity contribution in [3.8, 4) is 5.75 Å². The summed E-state index contributed by atoms with van der Waals surface area (Å²) < 4.78 is 5.18. The van der Waals surface area contributed by atoms with E-state index in [9.17, 15) is 14.7 Å². The second-order valence-electron chi connectivity index (χ2n) is 6.21. The van der Waals surface area contributed by atoms with E-state index >= 15 is 0 Å². The molecule has 0 aliphatic carbocycles. The highest BCUT2D eigenvalue weighted by Crippen LogP contribution is 2.38. The number of amides is 1. The van der Waals surface area contributed by atoms with E-state index in [1.54, 1.807) is 24.1 Å². The average molecular weight is 339 g/mol. The van der Waals surface area contributed by atoms with Gasteiger partial charge < -0.3 is 14.7 Å². The highest BCUT2D eigenvalue weighted by atomic mass is 16.5. The fourth-order valence-electron chi connectivity index (χ4n) is 3.39. The molecule has 1 amide bonds. The quantitative estimate of drug-likeness (QED) is 0.908. The summed E-state index contributed by atoms with van der Waals surface area (Å²) in [6.07, 6.45) is 0.618. The number of ether oxygens (including phenoxy) is 1. The number of carbonyl (C=O) groups excluding carboxylic acids is 1. The molecule has 0 aromatic heterocycles. The second kappa shape index (κ2) is 7.38. The molecule has 1 aliphatic rings. The predicted molar refractivity (Wildman–Crippen MR) is 93.1 cm³/mol. The molecule has 2 atom stereocenters. The number of carboxylic acid groups (broad SMARTS) is 1. The van der Waals surface area contributed by atoms with E-state index in [1.165, 1.54) is 0 Å². The molecule has 2 aromatic carbocycles. The monoisotopic (exact) mass is 339 g/mol. The molecule has 1 saturated heterocycles. The Labute approximate surface area is 146 Å². The molecule has 1 fully saturated rings. The fourth-order valence-corrected chi connectivity index (χ4v) is 3.39. The summed E-state index contributed by atoms with van der Waals surface area (Å²) in [7, 11) is 1.58. The summed E-state index contributed by atoms with van der Waals surface area (Å²) in [4.78, 5) is 26.1. The first-order valence-corrected chi connectivity index (χ1v) is 8.30. The van der Waals surface area contributed by atoms with Crippen LogP contribution in [0.2, 0.25) is 0 Å². The maximum Gasteiger partial charge on any atom is 0.308 e. The summed E-state index contributed by atoms with van der Waals surface area (Å²) in [5.74, 6) is -0.796. The van der Waals surface area contributed by atoms with E-state index in [0.717, 1.165) is 11.1 Å². The lowest BCUT2D eigenvalue weighted by molar-refractivity contribution is -0.152. The lowest BCUT2D eigenvalue weighted by atomic mass is 9.84. The summed E-state index contributed by atoms with van der Waals surface area (Å²) in [6, 6.07) is 16.5. The maximum absolute atomic E-state index is 12.6. The molecule has 0 radical (unpaired) electrons. The maximum atomic E-state index is 12.6. The first-order chi connectivity index (χ1) is 12.1. The van der Waals surface area contributed by atoms with Crippen molar-refractivity contribution in [2.75, 3.05) is 7.11 Å². The van der Waals surface area contributed by atoms with Gasteiger partial charge in [0.15, 0.2) is 0 Å². The van der Waals surface area contributed by atoms with Gasteiger partial charge in [0.05, 0.1) is 19.1 Å². The van der Waals surface area contributed by atoms with Gasteiger partial charge in [-0.05, 0) is 29.7 Å². The van der Waals surface area contributed by atoms with Gasteiger partial charge in [0.25, 0.3) is 0 Å². The second-order valence-corrected chi connectivity index (χ2v) is 6.21. The molecule has 0 bridgehead atoms. The molecule has 130 valence electrons. The molecule has 5 nitrogen and oxygen atoms in total. The lowest BCUT2D eigenvalue weighted by Gasteiger charge is -2.40. The van der Waals surface area contributed by atoms with Crippen molar-refractivity contribution in [1.29, 1.82) is 0 Å². The van der Waals surface area contributed by atoms with Crippen LogP contribution in [0.3, 0.4) is 0 Å². The van der Waals surface area contributed by atoms with Gasteiger partial charge in [0.2, 0.25) is 5.91 Å². The van der Waals surface area contributed by atoms with E-state index in [0.29, 0.717) is 18.7 Å². The highest BCUT2D eigenvalue weighted by molar-refractivity contribution is 5.81. The Morgan fingerprint density at radius 1 is 1.16 bits per heavy atom. The van der Waals surface area contributed by atoms with E-state index in [-0.39, 0.29) is 12.3 Å². The first kappa shape index (κ1) is 17.0. The van der Waals surface area contributed by atoms with Crippen molar-refractivity contribution in [3.63, 3.8) is 0 Å². The van der Waals surface area contributed by atoms with Crippen molar-refractivity contribution in [2.45, 2.75) is 25.4 Å². The molecule has 5 heteroatoms. The SMILES string of the molecule is COc1ccc([C@@H]2[C@@H](C(=O)O)CCC(=O)N2Cc2ccccc2)cc1. The van der Waals surface area contributed by atoms with E-state index in [1.807, 2.05) is 42.5 Å². The number of aliphatic carboxylic acids is 1. The molecule has 25 heavy (non-hydrogen) atoms. The Morgan fingerprint density at radius 3 is 2.44 bits per heavy atom. The van der Waals surface area contributed by atoms with Crippen LogP contribution >= 0.6 is 0 Å². The third-order valence-corrected chi connectivity index (χ3v) is 4.68. The van der Waals surface area contributed by atoms with Crippen LogP contribution in [0, 0.1) is 5.92 Å². The molecule has 0 unspecified atom stereocenters. The van der Waals surface area contributed by atoms with Crippen LogP contribution in [0.1, 0.15) is 30.0 Å². The predicted octanol–water partition coefficient (Wildman–Crippen LogP) is 3.26. The fraction of sp³-hybridized carbons (Fsp3) is 0.300. The number of methoxy groups -OCH3 is 1. The van der Waals surface area contributed by atoms with Crippen LogP contribution in [0.25, 0.3) is 0 Å². The number of likely N-dealkylation sites (tertiary alicyclic amines) is 1. The first-order valence-electron chi connectivity index (χ1n) is 8.30. The molecular formula is C20H21NO4. The molecule has 0 saturated carbocycles. The van der Waals surface area contributed by atoms with Crippen LogP contribution in [-0.2, 0) is 16.1 Å². The summed E-state index contributed by atoms with van der Waals surface area (Å²) >= 11 is 0. The molecule has 1 aliphatic heterocycles. The third-order valence-electron chi connectivity index (χ3n) is 4.68. The van der Waals surface area contributed by atoms with Gasteiger partial charge in [0.1, 0.15) is 5.75 Å². The van der Waals surface area contributed by atoms with Gasteiger partial charge in [-0.3, -0.25) is 9.59 Å². The van der Waals surface area contributed by atoms with Gasteiger partial charge in [-0.15, -0.1) is 0 Å². The number of hydrogen-bond donors (Lipinski definition) is 1. The van der Waals surface area contributed by atoms with Crippen molar-refractivity contribution in [2.24, 2.45) is 5.92 Å². The van der Waals surface area contributed by atoms with Gasteiger partial charge in [-0.2, -0.15) is 0 Å². The van der Waals surface area contributed by atoms with Gasteiger partial charge >= 0.3 is 5.97 Å². The standard InChI is InChI=1S/C20H21NO4/c1-25-16-9-7-15(8-10-16)19-17(20(23)24)11-12-18(22)21(19)13-14-5-3-2-4-6-14/h2-10,17,19H,11-13H2,1H3,(H,23,24)/t17-,19+/m0/s1. The average Bonchev–Trinajstić information content (AvgIpc) is 2.64. The van der Waals surface area contributed by atoms with Crippen LogP contribution in [-0.4, -0.2) is 29.0 Å². The minimum Gasteiger partial charge on any atom is -0.497 e. The molecule has 0 spiro atoms. The normalized spacial score (nSPS) is 20.4. The number of benzene rings is 2. The largest absolute Gasteiger partial charge is 0.497 e. The Kier molecular flexibility index (Phi) is 5.03. The Bertz CT molecular complexity index is 742. The Balaban J connectivity index is 1.97.